The van der Waals surface area contributed by atoms with E-state index < -0.39 is 0 Å². The van der Waals surface area contributed by atoms with Crippen molar-refractivity contribution in [2.75, 3.05) is 76.2 Å². The van der Waals surface area contributed by atoms with Gasteiger partial charge >= 0.3 is 0 Å². The summed E-state index contributed by atoms with van der Waals surface area (Å²) < 4.78 is 5.52. The van der Waals surface area contributed by atoms with Gasteiger partial charge < -0.3 is 30.1 Å². The smallest absolute Gasteiger partial charge is 0.222 e. The predicted molar refractivity (Wildman–Crippen MR) is 161 cm³/mol. The number of aryl methyl sites for hydroxylation is 1. The normalized spacial score (nSPS) is 18.8. The number of benzene rings is 1. The van der Waals surface area contributed by atoms with Gasteiger partial charge in [-0.15, -0.1) is 0 Å². The molecule has 1 aromatic carbocycles. The Bertz CT molecular complexity index is 1280. The average molecular weight is 560 g/mol. The number of amidine groups is 1. The Hall–Kier alpha value is -3.83. The van der Waals surface area contributed by atoms with E-state index in [1.54, 1.807) is 12.4 Å². The molecule has 11 heteroatoms. The highest BCUT2D eigenvalue weighted by Crippen LogP contribution is 2.32. The summed E-state index contributed by atoms with van der Waals surface area (Å²) in [6.45, 7) is 12.4. The van der Waals surface area contributed by atoms with Gasteiger partial charge in [-0.1, -0.05) is 19.1 Å². The molecule has 0 radical (unpaired) electrons. The summed E-state index contributed by atoms with van der Waals surface area (Å²) >= 11 is 0. The van der Waals surface area contributed by atoms with E-state index in [9.17, 15) is 4.79 Å². The third-order valence-corrected chi connectivity index (χ3v) is 8.16. The second-order valence-corrected chi connectivity index (χ2v) is 10.6. The number of nitrogens with zero attached hydrogens (tertiary/aromatic N) is 7. The van der Waals surface area contributed by atoms with Gasteiger partial charge in [-0.05, 0) is 44.0 Å². The number of nitrogens with two attached hydrogens (primary N) is 1. The number of hydrogen-bond donors (Lipinski definition) is 2. The summed E-state index contributed by atoms with van der Waals surface area (Å²) in [4.78, 5) is 34.8. The molecule has 2 fully saturated rings. The fourth-order valence-electron chi connectivity index (χ4n) is 5.54. The van der Waals surface area contributed by atoms with Gasteiger partial charge in [-0.3, -0.25) is 10.2 Å². The van der Waals surface area contributed by atoms with Crippen molar-refractivity contribution in [3.8, 4) is 0 Å². The van der Waals surface area contributed by atoms with Crippen LogP contribution >= 0.6 is 0 Å². The molecule has 0 spiro atoms. The van der Waals surface area contributed by atoms with Crippen molar-refractivity contribution >= 4 is 29.1 Å². The quantitative estimate of drug-likeness (QED) is 0.373. The second kappa shape index (κ2) is 13.2. The summed E-state index contributed by atoms with van der Waals surface area (Å²) in [6.07, 6.45) is 5.11. The standard InChI is InChI=1S/C30H41N9O2/c1-3-36-12-14-38(15-13-36)27(40)9-6-23-4-7-25(8-5-23)39-11-10-26(28(31)24-20-33-30(32)34-21-24)29(39)35-22(2)37-16-18-41-19-17-37/h4-5,7-8,20-21,31H,3,6,9-19H2,1-2H3,(H2,32,33,34)/b31-28?,35-22+. The Morgan fingerprint density at radius 1 is 1.00 bits per heavy atom. The predicted octanol–water partition coefficient (Wildman–Crippen LogP) is 2.40. The lowest BCUT2D eigenvalue weighted by Gasteiger charge is -2.34. The van der Waals surface area contributed by atoms with Gasteiger partial charge in [0.05, 0.1) is 18.9 Å². The fraction of sp³-hybridized carbons (Fsp3) is 0.500. The van der Waals surface area contributed by atoms with Gasteiger partial charge in [0.1, 0.15) is 11.7 Å². The monoisotopic (exact) mass is 559 g/mol. The molecule has 3 aliphatic heterocycles. The molecule has 3 aliphatic rings. The van der Waals surface area contributed by atoms with Gasteiger partial charge in [-0.25, -0.2) is 15.0 Å². The van der Waals surface area contributed by atoms with Crippen LogP contribution in [-0.2, 0) is 16.0 Å². The summed E-state index contributed by atoms with van der Waals surface area (Å²) in [5.41, 5.74) is 9.65. The van der Waals surface area contributed by atoms with Crippen molar-refractivity contribution in [2.24, 2.45) is 4.99 Å². The lowest BCUT2D eigenvalue weighted by Crippen LogP contribution is -2.48. The van der Waals surface area contributed by atoms with Gasteiger partial charge in [-0.2, -0.15) is 0 Å². The highest BCUT2D eigenvalue weighted by molar-refractivity contribution is 6.11. The maximum absolute atomic E-state index is 12.8. The van der Waals surface area contributed by atoms with Gasteiger partial charge in [0, 0.05) is 81.5 Å². The number of aliphatic imine (C=N–C) groups is 1. The van der Waals surface area contributed by atoms with Crippen LogP contribution in [0, 0.1) is 5.41 Å². The van der Waals surface area contributed by atoms with Crippen LogP contribution in [0.1, 0.15) is 37.8 Å². The minimum Gasteiger partial charge on any atom is -0.378 e. The van der Waals surface area contributed by atoms with Crippen LogP contribution < -0.4 is 10.6 Å². The minimum absolute atomic E-state index is 0.186. The Morgan fingerprint density at radius 3 is 2.34 bits per heavy atom. The molecular formula is C30H41N9O2. The average Bonchev–Trinajstić information content (AvgIpc) is 3.43. The Kier molecular flexibility index (Phi) is 9.25. The molecule has 0 saturated carbocycles. The van der Waals surface area contributed by atoms with Crippen molar-refractivity contribution in [3.63, 3.8) is 0 Å². The summed E-state index contributed by atoms with van der Waals surface area (Å²) in [5, 5.41) is 8.96. The maximum atomic E-state index is 12.8. The molecular weight excluding hydrogens is 518 g/mol. The lowest BCUT2D eigenvalue weighted by molar-refractivity contribution is -0.132. The SMILES string of the molecule is CCN1CCN(C(=O)CCc2ccc(N3CCC(C(=N)c4cnc(N)nc4)=C3/N=C(\C)N3CCOCC3)cc2)CC1. The number of aromatic nitrogens is 2. The van der Waals surface area contributed by atoms with E-state index in [2.05, 4.69) is 55.9 Å². The molecule has 0 aliphatic carbocycles. The van der Waals surface area contributed by atoms with Crippen molar-refractivity contribution in [1.29, 1.82) is 5.41 Å². The molecule has 41 heavy (non-hydrogen) atoms. The Morgan fingerprint density at radius 2 is 1.68 bits per heavy atom. The third-order valence-electron chi connectivity index (χ3n) is 8.16. The number of morpholine rings is 1. The number of likely N-dealkylation sites (N-methyl/N-ethyl adjacent to an activating group) is 1. The zero-order valence-corrected chi connectivity index (χ0v) is 24.2. The molecule has 3 N–H and O–H groups in total. The van der Waals surface area contributed by atoms with Gasteiger partial charge in [0.25, 0.3) is 0 Å². The Balaban J connectivity index is 1.32. The van der Waals surface area contributed by atoms with E-state index >= 15 is 0 Å². The molecule has 5 rings (SSSR count). The summed E-state index contributed by atoms with van der Waals surface area (Å²) in [5.74, 6) is 2.09. The van der Waals surface area contributed by atoms with Gasteiger partial charge in [0.15, 0.2) is 0 Å². The topological polar surface area (TPSA) is 127 Å². The first-order valence-corrected chi connectivity index (χ1v) is 14.6. The Labute approximate surface area is 242 Å². The molecule has 11 nitrogen and oxygen atoms in total. The van der Waals surface area contributed by atoms with E-state index in [-0.39, 0.29) is 11.9 Å². The van der Waals surface area contributed by atoms with Crippen LogP contribution in [0.2, 0.25) is 0 Å². The first kappa shape index (κ1) is 28.7. The highest BCUT2D eigenvalue weighted by Gasteiger charge is 2.28. The number of amides is 1. The van der Waals surface area contributed by atoms with Crippen LogP contribution in [0.4, 0.5) is 11.6 Å². The highest BCUT2D eigenvalue weighted by atomic mass is 16.5. The second-order valence-electron chi connectivity index (χ2n) is 10.6. The number of anilines is 2. The molecule has 1 aromatic heterocycles. The fourth-order valence-corrected chi connectivity index (χ4v) is 5.54. The number of nitrogens with one attached hydrogen (secondary N) is 1. The molecule has 2 aromatic rings. The lowest BCUT2D eigenvalue weighted by atomic mass is 10.0. The number of carbonyl (C=O) groups is 1. The van der Waals surface area contributed by atoms with E-state index in [1.165, 1.54) is 0 Å². The summed E-state index contributed by atoms with van der Waals surface area (Å²) in [7, 11) is 0. The molecule has 0 atom stereocenters. The van der Waals surface area contributed by atoms with Crippen LogP contribution in [-0.4, -0.2) is 108 Å². The van der Waals surface area contributed by atoms with Crippen molar-refractivity contribution in [2.45, 2.75) is 33.1 Å². The first-order chi connectivity index (χ1) is 19.9. The number of nitrogen functional groups attached to an aromatic ring is 1. The van der Waals surface area contributed by atoms with E-state index in [4.69, 9.17) is 20.9 Å². The zero-order valence-electron chi connectivity index (χ0n) is 24.2. The largest absolute Gasteiger partial charge is 0.378 e. The maximum Gasteiger partial charge on any atom is 0.222 e. The molecule has 4 heterocycles. The van der Waals surface area contributed by atoms with Crippen LogP contribution in [0.5, 0.6) is 0 Å². The molecule has 2 saturated heterocycles. The third kappa shape index (κ3) is 6.91. The number of ether oxygens (including phenoxy) is 1. The van der Waals surface area contributed by atoms with Crippen LogP contribution in [0.15, 0.2) is 53.0 Å². The summed E-state index contributed by atoms with van der Waals surface area (Å²) in [6, 6.07) is 8.40. The molecule has 0 unspecified atom stereocenters. The van der Waals surface area contributed by atoms with Crippen molar-refractivity contribution < 1.29 is 9.53 Å². The number of carbonyl (C=O) groups excluding carboxylic acids is 1. The van der Waals surface area contributed by atoms with E-state index in [0.717, 1.165) is 80.7 Å². The number of piperazine rings is 1. The van der Waals surface area contributed by atoms with Crippen LogP contribution in [0.25, 0.3) is 0 Å². The van der Waals surface area contributed by atoms with Crippen molar-refractivity contribution in [3.05, 3.63) is 59.2 Å². The first-order valence-electron chi connectivity index (χ1n) is 14.6. The zero-order chi connectivity index (χ0) is 28.8. The molecule has 1 amide bonds. The molecule has 0 bridgehead atoms. The molecule has 218 valence electrons. The van der Waals surface area contributed by atoms with E-state index in [1.807, 2.05) is 11.8 Å². The van der Waals surface area contributed by atoms with Crippen LogP contribution in [0.3, 0.4) is 0 Å². The van der Waals surface area contributed by atoms with E-state index in [0.29, 0.717) is 43.9 Å². The van der Waals surface area contributed by atoms with Gasteiger partial charge in [0.2, 0.25) is 11.9 Å². The van der Waals surface area contributed by atoms with Crippen molar-refractivity contribution in [1.82, 2.24) is 24.7 Å². The number of rotatable bonds is 8. The minimum atomic E-state index is 0.186. The number of hydrogen-bond acceptors (Lipinski definition) is 9.